The van der Waals surface area contributed by atoms with Crippen LogP contribution >= 0.6 is 15.9 Å². The number of nitrogens with zero attached hydrogens (tertiary/aromatic N) is 2. The van der Waals surface area contributed by atoms with Gasteiger partial charge in [-0.3, -0.25) is 9.48 Å². The zero-order valence-corrected chi connectivity index (χ0v) is 18.1. The predicted octanol–water partition coefficient (Wildman–Crippen LogP) is 3.60. The van der Waals surface area contributed by atoms with Crippen molar-refractivity contribution in [2.24, 2.45) is 7.05 Å². The second kappa shape index (κ2) is 9.58. The van der Waals surface area contributed by atoms with Gasteiger partial charge in [0.2, 0.25) is 5.91 Å². The SMILES string of the molecule is COc1ccccc1CNCC(=O)Nc1ccc(OC)c(-c2c(Br)cnn2C)c1. The number of hydrogen-bond donors (Lipinski definition) is 2. The van der Waals surface area contributed by atoms with E-state index in [-0.39, 0.29) is 12.5 Å². The number of amides is 1. The maximum Gasteiger partial charge on any atom is 0.238 e. The molecule has 0 spiro atoms. The molecule has 0 unspecified atom stereocenters. The summed E-state index contributed by atoms with van der Waals surface area (Å²) in [6, 6.07) is 13.2. The summed E-state index contributed by atoms with van der Waals surface area (Å²) in [5.41, 5.74) is 3.37. The fraction of sp³-hybridized carbons (Fsp3) is 0.238. The number of carbonyl (C=O) groups excluding carboxylic acids is 1. The lowest BCUT2D eigenvalue weighted by Crippen LogP contribution is -2.27. The number of carbonyl (C=O) groups is 1. The molecule has 0 saturated carbocycles. The molecule has 0 aliphatic rings. The Labute approximate surface area is 178 Å². The number of nitrogens with one attached hydrogen (secondary N) is 2. The lowest BCUT2D eigenvalue weighted by Gasteiger charge is -2.13. The first-order chi connectivity index (χ1) is 14.0. The van der Waals surface area contributed by atoms with Crippen LogP contribution in [0.2, 0.25) is 0 Å². The molecule has 3 rings (SSSR count). The molecule has 0 fully saturated rings. The van der Waals surface area contributed by atoms with Crippen LogP contribution in [0.1, 0.15) is 5.56 Å². The second-order valence-electron chi connectivity index (χ2n) is 6.34. The molecule has 152 valence electrons. The van der Waals surface area contributed by atoms with Crippen LogP contribution in [-0.2, 0) is 18.4 Å². The Hall–Kier alpha value is -2.84. The molecule has 1 heterocycles. The third-order valence-electron chi connectivity index (χ3n) is 4.43. The summed E-state index contributed by atoms with van der Waals surface area (Å²) in [4.78, 5) is 12.4. The van der Waals surface area contributed by atoms with Crippen molar-refractivity contribution in [1.29, 1.82) is 0 Å². The lowest BCUT2D eigenvalue weighted by molar-refractivity contribution is -0.115. The van der Waals surface area contributed by atoms with E-state index >= 15 is 0 Å². The fourth-order valence-electron chi connectivity index (χ4n) is 3.05. The molecule has 1 aromatic heterocycles. The van der Waals surface area contributed by atoms with E-state index in [4.69, 9.17) is 9.47 Å². The summed E-state index contributed by atoms with van der Waals surface area (Å²) in [6.07, 6.45) is 1.72. The topological polar surface area (TPSA) is 77.4 Å². The molecule has 3 aromatic rings. The average Bonchev–Trinajstić information content (AvgIpc) is 3.06. The Morgan fingerprint density at radius 1 is 1.14 bits per heavy atom. The van der Waals surface area contributed by atoms with Gasteiger partial charge in [0.05, 0.1) is 37.1 Å². The monoisotopic (exact) mass is 458 g/mol. The first-order valence-corrected chi connectivity index (χ1v) is 9.81. The minimum absolute atomic E-state index is 0.139. The Balaban J connectivity index is 1.67. The smallest absolute Gasteiger partial charge is 0.238 e. The highest BCUT2D eigenvalue weighted by Crippen LogP contribution is 2.36. The van der Waals surface area contributed by atoms with Crippen molar-refractivity contribution in [2.45, 2.75) is 6.54 Å². The van der Waals surface area contributed by atoms with Crippen LogP contribution in [0.25, 0.3) is 11.3 Å². The molecule has 0 aliphatic heterocycles. The van der Waals surface area contributed by atoms with Crippen LogP contribution in [0.3, 0.4) is 0 Å². The second-order valence-corrected chi connectivity index (χ2v) is 7.20. The zero-order valence-electron chi connectivity index (χ0n) is 16.5. The number of aromatic nitrogens is 2. The first kappa shape index (κ1) is 20.9. The van der Waals surface area contributed by atoms with Crippen molar-refractivity contribution in [3.63, 3.8) is 0 Å². The third-order valence-corrected chi connectivity index (χ3v) is 5.01. The number of aryl methyl sites for hydroxylation is 1. The largest absolute Gasteiger partial charge is 0.496 e. The highest BCUT2D eigenvalue weighted by atomic mass is 79.9. The van der Waals surface area contributed by atoms with Gasteiger partial charge in [-0.1, -0.05) is 18.2 Å². The molecular formula is C21H23BrN4O3. The summed E-state index contributed by atoms with van der Waals surface area (Å²) in [7, 11) is 5.10. The van der Waals surface area contributed by atoms with Gasteiger partial charge < -0.3 is 20.1 Å². The van der Waals surface area contributed by atoms with Gasteiger partial charge in [0, 0.05) is 30.4 Å². The van der Waals surface area contributed by atoms with Gasteiger partial charge >= 0.3 is 0 Å². The summed E-state index contributed by atoms with van der Waals surface area (Å²) in [6.45, 7) is 0.710. The molecule has 29 heavy (non-hydrogen) atoms. The Bertz CT molecular complexity index is 984. The molecule has 0 bridgehead atoms. The Morgan fingerprint density at radius 3 is 2.59 bits per heavy atom. The quantitative estimate of drug-likeness (QED) is 0.539. The minimum Gasteiger partial charge on any atom is -0.496 e. The molecule has 7 nitrogen and oxygen atoms in total. The Morgan fingerprint density at radius 2 is 1.90 bits per heavy atom. The molecular weight excluding hydrogens is 436 g/mol. The summed E-state index contributed by atoms with van der Waals surface area (Å²) < 4.78 is 13.4. The van der Waals surface area contributed by atoms with Gasteiger partial charge in [-0.25, -0.2) is 0 Å². The number of rotatable bonds is 8. The van der Waals surface area contributed by atoms with Gasteiger partial charge in [0.1, 0.15) is 11.5 Å². The molecule has 0 aliphatic carbocycles. The number of anilines is 1. The van der Waals surface area contributed by atoms with E-state index in [1.54, 1.807) is 25.1 Å². The number of ether oxygens (including phenoxy) is 2. The molecule has 2 N–H and O–H groups in total. The number of halogens is 1. The van der Waals surface area contributed by atoms with Crippen molar-refractivity contribution in [1.82, 2.24) is 15.1 Å². The predicted molar refractivity (Wildman–Crippen MR) is 116 cm³/mol. The van der Waals surface area contributed by atoms with Crippen LogP contribution in [0.4, 0.5) is 5.69 Å². The van der Waals surface area contributed by atoms with E-state index in [0.717, 1.165) is 27.0 Å². The number of benzene rings is 2. The van der Waals surface area contributed by atoms with E-state index in [9.17, 15) is 4.79 Å². The molecule has 0 atom stereocenters. The number of para-hydroxylation sites is 1. The van der Waals surface area contributed by atoms with Crippen molar-refractivity contribution in [3.05, 3.63) is 58.7 Å². The normalized spacial score (nSPS) is 10.6. The van der Waals surface area contributed by atoms with Gasteiger partial charge in [-0.15, -0.1) is 0 Å². The Kier molecular flexibility index (Phi) is 6.90. The summed E-state index contributed by atoms with van der Waals surface area (Å²) in [5, 5.41) is 10.3. The van der Waals surface area contributed by atoms with Crippen molar-refractivity contribution in [2.75, 3.05) is 26.1 Å². The van der Waals surface area contributed by atoms with E-state index in [1.165, 1.54) is 0 Å². The van der Waals surface area contributed by atoms with Crippen LogP contribution in [0.5, 0.6) is 11.5 Å². The van der Waals surface area contributed by atoms with E-state index in [2.05, 4.69) is 31.7 Å². The summed E-state index contributed by atoms with van der Waals surface area (Å²) >= 11 is 3.51. The van der Waals surface area contributed by atoms with Gasteiger partial charge in [-0.05, 0) is 40.2 Å². The molecule has 0 radical (unpaired) electrons. The maximum absolute atomic E-state index is 12.4. The maximum atomic E-state index is 12.4. The van der Waals surface area contributed by atoms with Crippen molar-refractivity contribution < 1.29 is 14.3 Å². The van der Waals surface area contributed by atoms with Crippen LogP contribution in [-0.4, -0.2) is 36.5 Å². The number of hydrogen-bond acceptors (Lipinski definition) is 5. The summed E-state index contributed by atoms with van der Waals surface area (Å²) in [5.74, 6) is 1.35. The standard InChI is InChI=1S/C21H23BrN4O3/c1-26-21(17(22)12-24-26)16-10-15(8-9-19(16)29-3)25-20(27)13-23-11-14-6-4-5-7-18(14)28-2/h4-10,12,23H,11,13H2,1-3H3,(H,25,27). The number of methoxy groups -OCH3 is 2. The molecule has 8 heteroatoms. The van der Waals surface area contributed by atoms with Gasteiger partial charge in [-0.2, -0.15) is 5.10 Å². The van der Waals surface area contributed by atoms with Gasteiger partial charge in [0.25, 0.3) is 0 Å². The highest BCUT2D eigenvalue weighted by molar-refractivity contribution is 9.10. The minimum atomic E-state index is -0.139. The first-order valence-electron chi connectivity index (χ1n) is 9.02. The van der Waals surface area contributed by atoms with Crippen molar-refractivity contribution >= 4 is 27.5 Å². The van der Waals surface area contributed by atoms with Crippen LogP contribution < -0.4 is 20.1 Å². The third kappa shape index (κ3) is 4.96. The molecule has 0 saturated heterocycles. The van der Waals surface area contributed by atoms with Crippen LogP contribution in [0, 0.1) is 0 Å². The van der Waals surface area contributed by atoms with E-state index in [1.807, 2.05) is 49.5 Å². The fourth-order valence-corrected chi connectivity index (χ4v) is 3.61. The van der Waals surface area contributed by atoms with Gasteiger partial charge in [0.15, 0.2) is 0 Å². The molecule has 1 amide bonds. The van der Waals surface area contributed by atoms with Crippen LogP contribution in [0.15, 0.2) is 53.1 Å². The highest BCUT2D eigenvalue weighted by Gasteiger charge is 2.15. The van der Waals surface area contributed by atoms with Crippen molar-refractivity contribution in [3.8, 4) is 22.8 Å². The zero-order chi connectivity index (χ0) is 20.8. The van der Waals surface area contributed by atoms with E-state index in [0.29, 0.717) is 18.0 Å². The molecule has 2 aromatic carbocycles. The lowest BCUT2D eigenvalue weighted by atomic mass is 10.1. The average molecular weight is 459 g/mol. The van der Waals surface area contributed by atoms with E-state index < -0.39 is 0 Å².